The van der Waals surface area contributed by atoms with Crippen molar-refractivity contribution in [3.63, 3.8) is 0 Å². The molecule has 4 rings (SSSR count). The minimum atomic E-state index is -0.408. The summed E-state index contributed by atoms with van der Waals surface area (Å²) in [5.41, 5.74) is 6.92. The first kappa shape index (κ1) is 20.0. The van der Waals surface area contributed by atoms with E-state index in [2.05, 4.69) is 20.1 Å². The van der Waals surface area contributed by atoms with E-state index < -0.39 is 4.92 Å². The summed E-state index contributed by atoms with van der Waals surface area (Å²) in [5, 5.41) is 16.0. The summed E-state index contributed by atoms with van der Waals surface area (Å²) in [7, 11) is 0. The molecule has 2 aromatic heterocycles. The Morgan fingerprint density at radius 3 is 2.55 bits per heavy atom. The molecule has 2 aromatic carbocycles. The molecule has 1 N–H and O–H groups in total. The molecule has 8 nitrogen and oxygen atoms in total. The molecule has 8 heteroatoms. The number of para-hydroxylation sites is 1. The van der Waals surface area contributed by atoms with Gasteiger partial charge < -0.3 is 4.57 Å². The van der Waals surface area contributed by atoms with Crippen LogP contribution in [0.2, 0.25) is 0 Å². The van der Waals surface area contributed by atoms with Crippen molar-refractivity contribution in [2.45, 2.75) is 13.5 Å². The number of nitrogens with zero attached hydrogens (tertiary/aromatic N) is 4. The molecular weight excluding hydrogens is 394 g/mol. The number of hydrogen-bond acceptors (Lipinski definition) is 5. The van der Waals surface area contributed by atoms with Gasteiger partial charge in [0.1, 0.15) is 0 Å². The third-order valence-corrected chi connectivity index (χ3v) is 5.07. The van der Waals surface area contributed by atoms with Gasteiger partial charge in [0, 0.05) is 58.8 Å². The normalized spacial score (nSPS) is 11.1. The molecule has 154 valence electrons. The average Bonchev–Trinajstić information content (AvgIpc) is 3.06. The number of hydrogen-bond donors (Lipinski definition) is 1. The molecule has 0 bridgehead atoms. The van der Waals surface area contributed by atoms with Gasteiger partial charge in [-0.2, -0.15) is 5.10 Å². The highest BCUT2D eigenvalue weighted by atomic mass is 16.6. The monoisotopic (exact) mass is 413 g/mol. The number of carbonyl (C=O) groups is 1. The highest BCUT2D eigenvalue weighted by molar-refractivity contribution is 6.02. The van der Waals surface area contributed by atoms with Gasteiger partial charge in [0.2, 0.25) is 0 Å². The molecule has 0 aliphatic carbocycles. The Labute approximate surface area is 178 Å². The van der Waals surface area contributed by atoms with Crippen molar-refractivity contribution in [1.29, 1.82) is 0 Å². The quantitative estimate of drug-likeness (QED) is 0.292. The second-order valence-corrected chi connectivity index (χ2v) is 6.96. The van der Waals surface area contributed by atoms with Crippen LogP contribution >= 0.6 is 0 Å². The smallest absolute Gasteiger partial charge is 0.271 e. The molecule has 0 atom stereocenters. The number of fused-ring (bicyclic) bond motifs is 1. The summed E-state index contributed by atoms with van der Waals surface area (Å²) < 4.78 is 2.13. The van der Waals surface area contributed by atoms with E-state index >= 15 is 0 Å². The van der Waals surface area contributed by atoms with Crippen LogP contribution in [0.3, 0.4) is 0 Å². The first-order valence-electron chi connectivity index (χ1n) is 9.59. The lowest BCUT2D eigenvalue weighted by Gasteiger charge is -2.08. The van der Waals surface area contributed by atoms with E-state index in [1.54, 1.807) is 42.9 Å². The maximum atomic E-state index is 12.2. The molecule has 4 aromatic rings. The van der Waals surface area contributed by atoms with Gasteiger partial charge in [0.15, 0.2) is 0 Å². The van der Waals surface area contributed by atoms with Gasteiger partial charge in [-0.25, -0.2) is 5.43 Å². The van der Waals surface area contributed by atoms with Crippen LogP contribution in [-0.2, 0) is 6.54 Å². The Morgan fingerprint density at radius 1 is 1.13 bits per heavy atom. The number of amides is 1. The van der Waals surface area contributed by atoms with Crippen molar-refractivity contribution in [2.75, 3.05) is 0 Å². The van der Waals surface area contributed by atoms with Crippen molar-refractivity contribution in [2.24, 2.45) is 5.10 Å². The lowest BCUT2D eigenvalue weighted by atomic mass is 10.1. The topological polar surface area (TPSA) is 102 Å². The van der Waals surface area contributed by atoms with Crippen LogP contribution in [0.1, 0.15) is 27.2 Å². The minimum absolute atomic E-state index is 0.0654. The Morgan fingerprint density at radius 2 is 1.84 bits per heavy atom. The third-order valence-electron chi connectivity index (χ3n) is 5.07. The van der Waals surface area contributed by atoms with E-state index in [1.807, 2.05) is 31.2 Å². The Kier molecular flexibility index (Phi) is 5.53. The van der Waals surface area contributed by atoms with Gasteiger partial charge in [-0.1, -0.05) is 30.3 Å². The van der Waals surface area contributed by atoms with Crippen molar-refractivity contribution < 1.29 is 9.72 Å². The van der Waals surface area contributed by atoms with Crippen molar-refractivity contribution >= 4 is 28.7 Å². The largest absolute Gasteiger partial charge is 0.340 e. The molecule has 0 saturated carbocycles. The number of rotatable bonds is 6. The van der Waals surface area contributed by atoms with E-state index in [4.69, 9.17) is 0 Å². The Hall–Kier alpha value is -4.33. The molecule has 0 aliphatic heterocycles. The maximum absolute atomic E-state index is 12.2. The highest BCUT2D eigenvalue weighted by Crippen LogP contribution is 2.26. The van der Waals surface area contributed by atoms with Crippen LogP contribution < -0.4 is 5.43 Å². The number of nitro benzene ring substituents is 1. The third kappa shape index (κ3) is 4.18. The maximum Gasteiger partial charge on any atom is 0.271 e. The predicted octanol–water partition coefficient (Wildman–Crippen LogP) is 4.07. The van der Waals surface area contributed by atoms with Crippen LogP contribution in [0, 0.1) is 17.0 Å². The van der Waals surface area contributed by atoms with Gasteiger partial charge in [-0.3, -0.25) is 19.9 Å². The van der Waals surface area contributed by atoms with Crippen molar-refractivity contribution in [3.8, 4) is 0 Å². The molecule has 0 radical (unpaired) electrons. The van der Waals surface area contributed by atoms with Gasteiger partial charge >= 0.3 is 0 Å². The summed E-state index contributed by atoms with van der Waals surface area (Å²) in [6.45, 7) is 2.54. The molecule has 1 amide bonds. The van der Waals surface area contributed by atoms with Crippen LogP contribution in [0.15, 0.2) is 78.2 Å². The Balaban J connectivity index is 1.62. The molecule has 0 spiro atoms. The summed E-state index contributed by atoms with van der Waals surface area (Å²) in [5.74, 6) is -0.314. The highest BCUT2D eigenvalue weighted by Gasteiger charge is 2.13. The summed E-state index contributed by atoms with van der Waals surface area (Å²) in [6.07, 6.45) is 4.74. The number of non-ortho nitro benzene ring substituents is 1. The number of aromatic nitrogens is 2. The van der Waals surface area contributed by atoms with E-state index in [9.17, 15) is 14.9 Å². The fourth-order valence-electron chi connectivity index (χ4n) is 3.45. The second kappa shape index (κ2) is 8.58. The fraction of sp³-hybridized carbons (Fsp3) is 0.0870. The van der Waals surface area contributed by atoms with Gasteiger partial charge in [0.05, 0.1) is 11.1 Å². The van der Waals surface area contributed by atoms with Crippen LogP contribution in [0.4, 0.5) is 5.69 Å². The second-order valence-electron chi connectivity index (χ2n) is 6.96. The number of benzene rings is 2. The van der Waals surface area contributed by atoms with Crippen LogP contribution in [0.5, 0.6) is 0 Å². The summed E-state index contributed by atoms with van der Waals surface area (Å²) in [4.78, 5) is 26.6. The minimum Gasteiger partial charge on any atom is -0.340 e. The zero-order valence-electron chi connectivity index (χ0n) is 16.7. The van der Waals surface area contributed by atoms with E-state index in [0.717, 1.165) is 27.7 Å². The average molecular weight is 413 g/mol. The first-order chi connectivity index (χ1) is 15.0. The zero-order chi connectivity index (χ0) is 21.8. The van der Waals surface area contributed by atoms with Crippen molar-refractivity contribution in [3.05, 3.63) is 106 Å². The molecular formula is C23H19N5O3. The Bertz CT molecular complexity index is 1280. The van der Waals surface area contributed by atoms with E-state index in [0.29, 0.717) is 12.1 Å². The summed E-state index contributed by atoms with van der Waals surface area (Å²) >= 11 is 0. The van der Waals surface area contributed by atoms with Crippen molar-refractivity contribution in [1.82, 2.24) is 15.0 Å². The lowest BCUT2D eigenvalue weighted by molar-refractivity contribution is -0.384. The number of nitrogens with one attached hydrogen (secondary N) is 1. The van der Waals surface area contributed by atoms with E-state index in [-0.39, 0.29) is 11.6 Å². The number of nitro groups is 1. The molecule has 31 heavy (non-hydrogen) atoms. The molecule has 0 unspecified atom stereocenters. The van der Waals surface area contributed by atoms with Gasteiger partial charge in [0.25, 0.3) is 11.6 Å². The number of carbonyl (C=O) groups excluding carboxylic acids is 1. The fourth-order valence-corrected chi connectivity index (χ4v) is 3.45. The standard InChI is InChI=1S/C23H19N5O3/c1-16-21(14-25-26-23(29)18-10-12-24-13-11-18)20-4-2-3-5-22(20)27(16)15-17-6-8-19(9-7-17)28(30)31/h2-14H,15H2,1H3,(H,26,29)/b25-14+. The number of pyridine rings is 1. The molecule has 0 aliphatic rings. The van der Waals surface area contributed by atoms with Gasteiger partial charge in [-0.05, 0) is 30.7 Å². The van der Waals surface area contributed by atoms with E-state index in [1.165, 1.54) is 12.1 Å². The van der Waals surface area contributed by atoms with Gasteiger partial charge in [-0.15, -0.1) is 0 Å². The molecule has 2 heterocycles. The van der Waals surface area contributed by atoms with Crippen LogP contribution in [-0.4, -0.2) is 26.6 Å². The SMILES string of the molecule is Cc1c(/C=N/NC(=O)c2ccncc2)c2ccccc2n1Cc1ccc([N+](=O)[O-])cc1. The molecule has 0 saturated heterocycles. The number of hydrazone groups is 1. The lowest BCUT2D eigenvalue weighted by Crippen LogP contribution is -2.17. The first-order valence-corrected chi connectivity index (χ1v) is 9.59. The zero-order valence-corrected chi connectivity index (χ0v) is 16.7. The summed E-state index contributed by atoms with van der Waals surface area (Å²) in [6, 6.07) is 17.7. The predicted molar refractivity (Wildman–Crippen MR) is 118 cm³/mol. The molecule has 0 fully saturated rings. The van der Waals surface area contributed by atoms with Crippen LogP contribution in [0.25, 0.3) is 10.9 Å².